The van der Waals surface area contributed by atoms with Crippen LogP contribution in [0.25, 0.3) is 0 Å². The molecule has 0 aliphatic carbocycles. The maximum Gasteiger partial charge on any atom is 0.332 e. The van der Waals surface area contributed by atoms with Crippen LogP contribution in [0.15, 0.2) is 18.2 Å². The van der Waals surface area contributed by atoms with Crippen molar-refractivity contribution in [1.82, 2.24) is 0 Å². The fourth-order valence-electron chi connectivity index (χ4n) is 0.925. The maximum atomic E-state index is 13.2. The number of halogens is 2. The topological polar surface area (TPSA) is 46.5 Å². The molecule has 0 amide bonds. The first-order valence-corrected chi connectivity index (χ1v) is 4.67. The van der Waals surface area contributed by atoms with Crippen LogP contribution in [0, 0.1) is 5.82 Å². The first-order valence-electron chi connectivity index (χ1n) is 4.29. The van der Waals surface area contributed by atoms with E-state index in [-0.39, 0.29) is 12.2 Å². The van der Waals surface area contributed by atoms with Crippen LogP contribution >= 0.6 is 11.6 Å². The molecule has 5 heteroatoms. The fourth-order valence-corrected chi connectivity index (χ4v) is 1.08. The van der Waals surface area contributed by atoms with Crippen molar-refractivity contribution in [3.63, 3.8) is 0 Å². The molecule has 1 rings (SSSR count). The van der Waals surface area contributed by atoms with Gasteiger partial charge in [0.1, 0.15) is 5.82 Å². The highest BCUT2D eigenvalue weighted by Gasteiger charge is 2.12. The maximum absolute atomic E-state index is 13.2. The van der Waals surface area contributed by atoms with Crippen LogP contribution in [0.3, 0.4) is 0 Å². The van der Waals surface area contributed by atoms with E-state index in [1.807, 2.05) is 0 Å². The molecule has 0 saturated heterocycles. The zero-order valence-corrected chi connectivity index (χ0v) is 8.79. The standard InChI is InChI=1S/C10H10ClFO3/c1-6(10(13)14)15-5-7-2-3-8(11)4-9(7)12/h2-4,6H,5H2,1H3,(H,13,14)/t6-/m1/s1. The van der Waals surface area contributed by atoms with E-state index in [0.29, 0.717) is 5.02 Å². The summed E-state index contributed by atoms with van der Waals surface area (Å²) in [6.45, 7) is 1.30. The largest absolute Gasteiger partial charge is 0.479 e. The van der Waals surface area contributed by atoms with Gasteiger partial charge in [-0.1, -0.05) is 17.7 Å². The molecule has 1 aromatic rings. The summed E-state index contributed by atoms with van der Waals surface area (Å²) in [5.41, 5.74) is 0.285. The molecule has 1 N–H and O–H groups in total. The fraction of sp³-hybridized carbons (Fsp3) is 0.300. The number of hydrogen-bond donors (Lipinski definition) is 1. The first-order chi connectivity index (χ1) is 7.00. The van der Waals surface area contributed by atoms with E-state index < -0.39 is 17.9 Å². The van der Waals surface area contributed by atoms with Crippen LogP contribution in [-0.2, 0) is 16.1 Å². The third kappa shape index (κ3) is 3.49. The lowest BCUT2D eigenvalue weighted by molar-refractivity contribution is -0.149. The summed E-state index contributed by atoms with van der Waals surface area (Å²) in [5.74, 6) is -1.58. The van der Waals surface area contributed by atoms with Gasteiger partial charge in [-0.15, -0.1) is 0 Å². The SMILES string of the molecule is C[C@@H](OCc1ccc(Cl)cc1F)C(=O)O. The van der Waals surface area contributed by atoms with E-state index in [1.54, 1.807) is 0 Å². The van der Waals surface area contributed by atoms with Crippen molar-refractivity contribution in [3.8, 4) is 0 Å². The second-order valence-corrected chi connectivity index (χ2v) is 3.46. The Bertz CT molecular complexity index is 368. The van der Waals surface area contributed by atoms with Crippen molar-refractivity contribution >= 4 is 17.6 Å². The van der Waals surface area contributed by atoms with Crippen molar-refractivity contribution in [3.05, 3.63) is 34.6 Å². The van der Waals surface area contributed by atoms with Crippen LogP contribution in [0.2, 0.25) is 5.02 Å². The number of hydrogen-bond acceptors (Lipinski definition) is 2. The molecule has 0 unspecified atom stereocenters. The summed E-state index contributed by atoms with van der Waals surface area (Å²) in [6, 6.07) is 4.15. The van der Waals surface area contributed by atoms with E-state index in [2.05, 4.69) is 0 Å². The zero-order valence-electron chi connectivity index (χ0n) is 8.04. The Hall–Kier alpha value is -1.13. The second-order valence-electron chi connectivity index (χ2n) is 3.03. The van der Waals surface area contributed by atoms with Crippen molar-refractivity contribution in [2.75, 3.05) is 0 Å². The molecule has 0 spiro atoms. The average molecular weight is 233 g/mol. The van der Waals surface area contributed by atoms with Crippen LogP contribution in [0.1, 0.15) is 12.5 Å². The minimum Gasteiger partial charge on any atom is -0.479 e. The Morgan fingerprint density at radius 1 is 1.67 bits per heavy atom. The molecule has 0 saturated carbocycles. The van der Waals surface area contributed by atoms with E-state index in [9.17, 15) is 9.18 Å². The van der Waals surface area contributed by atoms with Gasteiger partial charge in [0, 0.05) is 10.6 Å². The molecule has 0 fully saturated rings. The second kappa shape index (κ2) is 5.09. The Morgan fingerprint density at radius 2 is 2.33 bits per heavy atom. The summed E-state index contributed by atoms with van der Waals surface area (Å²) < 4.78 is 18.1. The van der Waals surface area contributed by atoms with Crippen molar-refractivity contribution in [2.45, 2.75) is 19.6 Å². The molecule has 0 aliphatic heterocycles. The molecule has 82 valence electrons. The van der Waals surface area contributed by atoms with E-state index in [4.69, 9.17) is 21.4 Å². The van der Waals surface area contributed by atoms with Gasteiger partial charge in [-0.25, -0.2) is 9.18 Å². The molecule has 0 radical (unpaired) electrons. The van der Waals surface area contributed by atoms with Gasteiger partial charge >= 0.3 is 5.97 Å². The number of rotatable bonds is 4. The summed E-state index contributed by atoms with van der Waals surface area (Å²) in [5, 5.41) is 8.83. The number of carbonyl (C=O) groups is 1. The van der Waals surface area contributed by atoms with Crippen LogP contribution in [-0.4, -0.2) is 17.2 Å². The normalized spacial score (nSPS) is 12.5. The predicted molar refractivity (Wildman–Crippen MR) is 53.3 cm³/mol. The zero-order chi connectivity index (χ0) is 11.4. The van der Waals surface area contributed by atoms with Crippen molar-refractivity contribution < 1.29 is 19.0 Å². The summed E-state index contributed by atoms with van der Waals surface area (Å²) in [6.07, 6.45) is -0.958. The molecule has 0 heterocycles. The monoisotopic (exact) mass is 232 g/mol. The molecule has 0 aliphatic rings. The number of carboxylic acids is 1. The molecular formula is C10H10ClFO3. The Balaban J connectivity index is 2.62. The summed E-state index contributed by atoms with van der Waals surface area (Å²) in [7, 11) is 0. The van der Waals surface area contributed by atoms with E-state index >= 15 is 0 Å². The van der Waals surface area contributed by atoms with Crippen molar-refractivity contribution in [1.29, 1.82) is 0 Å². The van der Waals surface area contributed by atoms with Gasteiger partial charge in [-0.3, -0.25) is 0 Å². The Kier molecular flexibility index (Phi) is 4.05. The minimum atomic E-state index is -1.08. The van der Waals surface area contributed by atoms with Gasteiger partial charge < -0.3 is 9.84 Å². The highest BCUT2D eigenvalue weighted by molar-refractivity contribution is 6.30. The quantitative estimate of drug-likeness (QED) is 0.868. The molecule has 0 aromatic heterocycles. The molecule has 1 atom stereocenters. The number of ether oxygens (including phenoxy) is 1. The third-order valence-electron chi connectivity index (χ3n) is 1.85. The van der Waals surface area contributed by atoms with Crippen LogP contribution < -0.4 is 0 Å². The lowest BCUT2D eigenvalue weighted by atomic mass is 10.2. The van der Waals surface area contributed by atoms with Gasteiger partial charge in [-0.2, -0.15) is 0 Å². The smallest absolute Gasteiger partial charge is 0.332 e. The summed E-state index contributed by atoms with van der Waals surface area (Å²) in [4.78, 5) is 10.4. The lowest BCUT2D eigenvalue weighted by Crippen LogP contribution is -2.19. The van der Waals surface area contributed by atoms with Gasteiger partial charge in [0.05, 0.1) is 6.61 Å². The number of benzene rings is 1. The van der Waals surface area contributed by atoms with Crippen LogP contribution in [0.5, 0.6) is 0 Å². The average Bonchev–Trinajstić information content (AvgIpc) is 2.15. The molecule has 0 bridgehead atoms. The molecule has 15 heavy (non-hydrogen) atoms. The summed E-state index contributed by atoms with van der Waals surface area (Å²) >= 11 is 5.56. The number of carboxylic acid groups (broad SMARTS) is 1. The minimum absolute atomic E-state index is 0.0868. The van der Waals surface area contributed by atoms with Crippen molar-refractivity contribution in [2.24, 2.45) is 0 Å². The lowest BCUT2D eigenvalue weighted by Gasteiger charge is -2.08. The third-order valence-corrected chi connectivity index (χ3v) is 2.09. The van der Waals surface area contributed by atoms with Gasteiger partial charge in [0.2, 0.25) is 0 Å². The van der Waals surface area contributed by atoms with Crippen LogP contribution in [0.4, 0.5) is 4.39 Å². The Labute approximate surface area is 91.4 Å². The Morgan fingerprint density at radius 3 is 2.87 bits per heavy atom. The first kappa shape index (κ1) is 11.9. The highest BCUT2D eigenvalue weighted by atomic mass is 35.5. The molecule has 3 nitrogen and oxygen atoms in total. The molecular weight excluding hydrogens is 223 g/mol. The van der Waals surface area contributed by atoms with E-state index in [1.165, 1.54) is 19.1 Å². The van der Waals surface area contributed by atoms with Gasteiger partial charge in [0.15, 0.2) is 6.10 Å². The van der Waals surface area contributed by atoms with Gasteiger partial charge in [0.25, 0.3) is 0 Å². The highest BCUT2D eigenvalue weighted by Crippen LogP contribution is 2.15. The molecule has 1 aromatic carbocycles. The van der Waals surface area contributed by atoms with Gasteiger partial charge in [-0.05, 0) is 19.1 Å². The predicted octanol–water partition coefficient (Wildman–Crippen LogP) is 2.47. The van der Waals surface area contributed by atoms with E-state index in [0.717, 1.165) is 6.07 Å². The number of aliphatic carboxylic acids is 1.